The van der Waals surface area contributed by atoms with Crippen molar-refractivity contribution >= 4 is 18.0 Å². The Labute approximate surface area is 101 Å². The number of imide groups is 1. The Morgan fingerprint density at radius 3 is 2.00 bits per heavy atom. The summed E-state index contributed by atoms with van der Waals surface area (Å²) in [6, 6.07) is -1.19. The third-order valence-corrected chi connectivity index (χ3v) is 1.91. The third-order valence-electron chi connectivity index (χ3n) is 1.91. The van der Waals surface area contributed by atoms with Crippen LogP contribution < -0.4 is 0 Å². The van der Waals surface area contributed by atoms with E-state index in [4.69, 9.17) is 9.84 Å². The number of carbonyl (C=O) groups excluding carboxylic acids is 2. The Kier molecular flexibility index (Phi) is 5.12. The van der Waals surface area contributed by atoms with Crippen LogP contribution >= 0.6 is 0 Å². The van der Waals surface area contributed by atoms with Gasteiger partial charge in [-0.1, -0.05) is 6.92 Å². The molecular weight excluding hydrogens is 226 g/mol. The molecule has 0 bridgehead atoms. The number of aliphatic carboxylic acids is 1. The van der Waals surface area contributed by atoms with Gasteiger partial charge in [0.25, 0.3) is 0 Å². The van der Waals surface area contributed by atoms with E-state index in [0.717, 1.165) is 6.92 Å². The summed E-state index contributed by atoms with van der Waals surface area (Å²) >= 11 is 0. The predicted molar refractivity (Wildman–Crippen MR) is 60.5 cm³/mol. The van der Waals surface area contributed by atoms with Crippen LogP contribution in [0.3, 0.4) is 0 Å². The van der Waals surface area contributed by atoms with Crippen molar-refractivity contribution in [2.24, 2.45) is 0 Å². The van der Waals surface area contributed by atoms with Gasteiger partial charge in [0.1, 0.15) is 11.6 Å². The van der Waals surface area contributed by atoms with E-state index in [1.807, 2.05) is 0 Å². The number of nitrogens with zero attached hydrogens (tertiary/aromatic N) is 1. The highest BCUT2D eigenvalue weighted by Crippen LogP contribution is 2.14. The number of carboxylic acid groups (broad SMARTS) is 1. The second kappa shape index (κ2) is 5.65. The van der Waals surface area contributed by atoms with Gasteiger partial charge in [0, 0.05) is 6.92 Å². The van der Waals surface area contributed by atoms with Crippen molar-refractivity contribution in [1.29, 1.82) is 0 Å². The number of rotatable bonds is 3. The van der Waals surface area contributed by atoms with Gasteiger partial charge < -0.3 is 9.84 Å². The topological polar surface area (TPSA) is 83.9 Å². The Bertz CT molecular complexity index is 318. The zero-order valence-electron chi connectivity index (χ0n) is 10.8. The first-order valence-corrected chi connectivity index (χ1v) is 5.35. The van der Waals surface area contributed by atoms with Crippen LogP contribution in [0.15, 0.2) is 0 Å². The number of amides is 2. The zero-order chi connectivity index (χ0) is 13.8. The minimum absolute atomic E-state index is 0.133. The first-order chi connectivity index (χ1) is 7.60. The molecule has 0 unspecified atom stereocenters. The van der Waals surface area contributed by atoms with Crippen molar-refractivity contribution in [2.75, 3.05) is 0 Å². The first-order valence-electron chi connectivity index (χ1n) is 5.35. The monoisotopic (exact) mass is 245 g/mol. The van der Waals surface area contributed by atoms with E-state index in [9.17, 15) is 14.4 Å². The molecule has 17 heavy (non-hydrogen) atoms. The van der Waals surface area contributed by atoms with Crippen LogP contribution in [0.1, 0.15) is 41.0 Å². The van der Waals surface area contributed by atoms with Gasteiger partial charge in [0.05, 0.1) is 0 Å². The summed E-state index contributed by atoms with van der Waals surface area (Å²) in [6.45, 7) is 7.65. The first kappa shape index (κ1) is 15.4. The lowest BCUT2D eigenvalue weighted by molar-refractivity contribution is -0.148. The van der Waals surface area contributed by atoms with E-state index in [0.29, 0.717) is 4.90 Å². The summed E-state index contributed by atoms with van der Waals surface area (Å²) in [5.74, 6) is -1.87. The van der Waals surface area contributed by atoms with Gasteiger partial charge in [-0.15, -0.1) is 0 Å². The predicted octanol–water partition coefficient (Wildman–Crippen LogP) is 1.63. The van der Waals surface area contributed by atoms with E-state index in [-0.39, 0.29) is 6.42 Å². The fourth-order valence-corrected chi connectivity index (χ4v) is 1.25. The van der Waals surface area contributed by atoms with Gasteiger partial charge in [0.15, 0.2) is 0 Å². The van der Waals surface area contributed by atoms with Crippen LogP contribution in [-0.2, 0) is 14.3 Å². The molecule has 0 saturated carbocycles. The lowest BCUT2D eigenvalue weighted by Crippen LogP contribution is -2.49. The van der Waals surface area contributed by atoms with E-state index in [1.54, 1.807) is 27.7 Å². The Morgan fingerprint density at radius 2 is 1.76 bits per heavy atom. The molecule has 0 saturated heterocycles. The van der Waals surface area contributed by atoms with Crippen molar-refractivity contribution in [2.45, 2.75) is 52.7 Å². The molecule has 0 fully saturated rings. The maximum Gasteiger partial charge on any atom is 0.417 e. The Morgan fingerprint density at radius 1 is 1.29 bits per heavy atom. The summed E-state index contributed by atoms with van der Waals surface area (Å²) in [5.41, 5.74) is -0.776. The van der Waals surface area contributed by atoms with Crippen LogP contribution in [0.2, 0.25) is 0 Å². The normalized spacial score (nSPS) is 12.8. The summed E-state index contributed by atoms with van der Waals surface area (Å²) < 4.78 is 5.00. The lowest BCUT2D eigenvalue weighted by atomic mass is 10.2. The van der Waals surface area contributed by atoms with Crippen LogP contribution in [0.5, 0.6) is 0 Å². The number of hydrogen-bond acceptors (Lipinski definition) is 4. The number of carboxylic acids is 1. The van der Waals surface area contributed by atoms with E-state index in [2.05, 4.69) is 0 Å². The van der Waals surface area contributed by atoms with Crippen molar-refractivity contribution in [3.05, 3.63) is 0 Å². The molecule has 0 aliphatic carbocycles. The second-order valence-electron chi connectivity index (χ2n) is 4.63. The van der Waals surface area contributed by atoms with Gasteiger partial charge in [-0.25, -0.2) is 14.5 Å². The smallest absolute Gasteiger partial charge is 0.417 e. The number of ether oxygens (including phenoxy) is 1. The molecule has 0 rings (SSSR count). The van der Waals surface area contributed by atoms with Gasteiger partial charge >= 0.3 is 12.1 Å². The molecule has 1 atom stereocenters. The molecule has 0 aromatic rings. The minimum Gasteiger partial charge on any atom is -0.480 e. The summed E-state index contributed by atoms with van der Waals surface area (Å²) in [5, 5.41) is 8.94. The molecule has 2 amide bonds. The fraction of sp³-hybridized carbons (Fsp3) is 0.727. The fourth-order valence-electron chi connectivity index (χ4n) is 1.25. The van der Waals surface area contributed by atoms with Crippen molar-refractivity contribution in [3.63, 3.8) is 0 Å². The lowest BCUT2D eigenvalue weighted by Gasteiger charge is -2.28. The summed E-state index contributed by atoms with van der Waals surface area (Å²) in [7, 11) is 0. The average molecular weight is 245 g/mol. The Balaban J connectivity index is 5.04. The van der Waals surface area contributed by atoms with Crippen molar-refractivity contribution in [1.82, 2.24) is 4.90 Å². The molecule has 0 heterocycles. The van der Waals surface area contributed by atoms with Crippen LogP contribution in [0, 0.1) is 0 Å². The van der Waals surface area contributed by atoms with E-state index in [1.165, 1.54) is 0 Å². The highest BCUT2D eigenvalue weighted by Gasteiger charge is 2.34. The molecule has 0 aromatic heterocycles. The van der Waals surface area contributed by atoms with Gasteiger partial charge in [-0.05, 0) is 27.2 Å². The molecule has 1 N–H and O–H groups in total. The quantitative estimate of drug-likeness (QED) is 0.817. The van der Waals surface area contributed by atoms with E-state index < -0.39 is 29.6 Å². The molecule has 6 heteroatoms. The summed E-state index contributed by atoms with van der Waals surface area (Å²) in [6.07, 6.45) is -0.798. The molecule has 6 nitrogen and oxygen atoms in total. The second-order valence-corrected chi connectivity index (χ2v) is 4.63. The van der Waals surface area contributed by atoms with Gasteiger partial charge in [0.2, 0.25) is 5.91 Å². The molecule has 0 radical (unpaired) electrons. The van der Waals surface area contributed by atoms with Gasteiger partial charge in [-0.2, -0.15) is 0 Å². The molecule has 98 valence electrons. The third kappa shape index (κ3) is 4.84. The Hall–Kier alpha value is -1.59. The molecule has 0 aliphatic heterocycles. The molecule has 0 aliphatic rings. The van der Waals surface area contributed by atoms with Crippen LogP contribution in [0.25, 0.3) is 0 Å². The van der Waals surface area contributed by atoms with Crippen molar-refractivity contribution in [3.8, 4) is 0 Å². The largest absolute Gasteiger partial charge is 0.480 e. The molecule has 0 spiro atoms. The highest BCUT2D eigenvalue weighted by molar-refractivity contribution is 5.95. The maximum absolute atomic E-state index is 11.7. The standard InChI is InChI=1S/C11H19NO5/c1-6-8(9(14)15)12(7(2)13)10(16)17-11(3,4)5/h8H,6H2,1-5H3,(H,14,15)/t8-/m1/s1. The van der Waals surface area contributed by atoms with Gasteiger partial charge in [-0.3, -0.25) is 4.79 Å². The molecular formula is C11H19NO5. The minimum atomic E-state index is -1.23. The number of hydrogen-bond donors (Lipinski definition) is 1. The SMILES string of the molecule is CC[C@H](C(=O)O)N(C(C)=O)C(=O)OC(C)(C)C. The van der Waals surface area contributed by atoms with E-state index >= 15 is 0 Å². The van der Waals surface area contributed by atoms with Crippen molar-refractivity contribution < 1.29 is 24.2 Å². The molecule has 0 aromatic carbocycles. The summed E-state index contributed by atoms with van der Waals surface area (Å²) in [4.78, 5) is 34.6. The maximum atomic E-state index is 11.7. The van der Waals surface area contributed by atoms with Crippen LogP contribution in [0.4, 0.5) is 4.79 Å². The number of carbonyl (C=O) groups is 3. The average Bonchev–Trinajstić information content (AvgIpc) is 2.08. The van der Waals surface area contributed by atoms with Crippen LogP contribution in [-0.4, -0.2) is 39.6 Å². The highest BCUT2D eigenvalue weighted by atomic mass is 16.6. The zero-order valence-corrected chi connectivity index (χ0v) is 10.8.